The van der Waals surface area contributed by atoms with Gasteiger partial charge in [-0.1, -0.05) is 0 Å². The fourth-order valence-electron chi connectivity index (χ4n) is 2.46. The molecule has 1 aromatic rings. The number of amides is 1. The van der Waals surface area contributed by atoms with Crippen molar-refractivity contribution in [1.82, 2.24) is 5.32 Å². The summed E-state index contributed by atoms with van der Waals surface area (Å²) in [6, 6.07) is 3.03. The Morgan fingerprint density at radius 2 is 1.89 bits per heavy atom. The highest BCUT2D eigenvalue weighted by Gasteiger charge is 2.32. The van der Waals surface area contributed by atoms with Crippen LogP contribution in [0.3, 0.4) is 0 Å². The SMILES string of the molecule is COc1ccc(OC)c2c1CCC(NC(C)=O)C2=O. The minimum atomic E-state index is -0.481. The van der Waals surface area contributed by atoms with Gasteiger partial charge in [-0.2, -0.15) is 0 Å². The molecule has 1 atom stereocenters. The van der Waals surface area contributed by atoms with Gasteiger partial charge >= 0.3 is 0 Å². The Kier molecular flexibility index (Phi) is 3.74. The lowest BCUT2D eigenvalue weighted by Crippen LogP contribution is -2.42. The molecule has 0 radical (unpaired) electrons. The van der Waals surface area contributed by atoms with Crippen LogP contribution in [0.15, 0.2) is 12.1 Å². The fraction of sp³-hybridized carbons (Fsp3) is 0.429. The molecule has 1 unspecified atom stereocenters. The molecule has 102 valence electrons. The second kappa shape index (κ2) is 5.30. The molecule has 5 heteroatoms. The average molecular weight is 263 g/mol. The maximum absolute atomic E-state index is 12.4. The molecular weight excluding hydrogens is 246 g/mol. The summed E-state index contributed by atoms with van der Waals surface area (Å²) in [5, 5.41) is 2.68. The van der Waals surface area contributed by atoms with E-state index in [1.807, 2.05) is 0 Å². The summed E-state index contributed by atoms with van der Waals surface area (Å²) in [6.07, 6.45) is 1.25. The molecule has 0 fully saturated rings. The van der Waals surface area contributed by atoms with Gasteiger partial charge in [0.25, 0.3) is 0 Å². The van der Waals surface area contributed by atoms with Gasteiger partial charge in [0.15, 0.2) is 5.78 Å². The Morgan fingerprint density at radius 3 is 2.47 bits per heavy atom. The van der Waals surface area contributed by atoms with Crippen LogP contribution in [0.4, 0.5) is 0 Å². The molecule has 0 aromatic heterocycles. The molecule has 0 saturated heterocycles. The summed E-state index contributed by atoms with van der Waals surface area (Å²) < 4.78 is 10.5. The first-order valence-electron chi connectivity index (χ1n) is 6.13. The number of carbonyl (C=O) groups is 2. The fourth-order valence-corrected chi connectivity index (χ4v) is 2.46. The molecular formula is C14H17NO4. The third-order valence-electron chi connectivity index (χ3n) is 3.29. The largest absolute Gasteiger partial charge is 0.496 e. The van der Waals surface area contributed by atoms with Gasteiger partial charge < -0.3 is 14.8 Å². The van der Waals surface area contributed by atoms with Crippen LogP contribution >= 0.6 is 0 Å². The molecule has 0 bridgehead atoms. The Balaban J connectivity index is 2.46. The smallest absolute Gasteiger partial charge is 0.217 e. The summed E-state index contributed by atoms with van der Waals surface area (Å²) in [5.74, 6) is 0.886. The van der Waals surface area contributed by atoms with E-state index in [4.69, 9.17) is 9.47 Å². The summed E-state index contributed by atoms with van der Waals surface area (Å²) in [7, 11) is 3.10. The minimum absolute atomic E-state index is 0.118. The van der Waals surface area contributed by atoms with E-state index < -0.39 is 6.04 Å². The molecule has 2 rings (SSSR count). The highest BCUT2D eigenvalue weighted by atomic mass is 16.5. The maximum atomic E-state index is 12.4. The minimum Gasteiger partial charge on any atom is -0.496 e. The zero-order valence-corrected chi connectivity index (χ0v) is 11.3. The molecule has 0 aliphatic heterocycles. The van der Waals surface area contributed by atoms with Crippen LogP contribution in [0.2, 0.25) is 0 Å². The highest BCUT2D eigenvalue weighted by molar-refractivity contribution is 6.06. The summed E-state index contributed by atoms with van der Waals surface area (Å²) in [4.78, 5) is 23.6. The summed E-state index contributed by atoms with van der Waals surface area (Å²) in [5.41, 5.74) is 1.38. The van der Waals surface area contributed by atoms with Crippen LogP contribution in [0.25, 0.3) is 0 Å². The zero-order valence-electron chi connectivity index (χ0n) is 11.3. The monoisotopic (exact) mass is 263 g/mol. The zero-order chi connectivity index (χ0) is 14.0. The second-order valence-corrected chi connectivity index (χ2v) is 4.48. The van der Waals surface area contributed by atoms with Crippen molar-refractivity contribution in [1.29, 1.82) is 0 Å². The van der Waals surface area contributed by atoms with E-state index in [2.05, 4.69) is 5.32 Å². The third kappa shape index (κ3) is 2.41. The first kappa shape index (κ1) is 13.4. The number of benzene rings is 1. The molecule has 1 aliphatic carbocycles. The molecule has 1 aliphatic rings. The number of nitrogens with one attached hydrogen (secondary N) is 1. The van der Waals surface area contributed by atoms with Gasteiger partial charge in [0.1, 0.15) is 11.5 Å². The van der Waals surface area contributed by atoms with Crippen LogP contribution in [-0.2, 0) is 11.2 Å². The summed E-state index contributed by atoms with van der Waals surface area (Å²) in [6.45, 7) is 1.41. The van der Waals surface area contributed by atoms with Crippen molar-refractivity contribution < 1.29 is 19.1 Å². The number of hydrogen-bond donors (Lipinski definition) is 1. The van der Waals surface area contributed by atoms with Crippen LogP contribution in [0, 0.1) is 0 Å². The van der Waals surface area contributed by atoms with Gasteiger partial charge in [-0.15, -0.1) is 0 Å². The standard InChI is InChI=1S/C14H17NO4/c1-8(16)15-10-5-4-9-11(18-2)6-7-12(19-3)13(9)14(10)17/h6-7,10H,4-5H2,1-3H3,(H,15,16). The predicted octanol–water partition coefficient (Wildman–Crippen LogP) is 1.34. The molecule has 1 aromatic carbocycles. The van der Waals surface area contributed by atoms with Crippen molar-refractivity contribution >= 4 is 11.7 Å². The van der Waals surface area contributed by atoms with Crippen LogP contribution in [-0.4, -0.2) is 32.0 Å². The first-order valence-corrected chi connectivity index (χ1v) is 6.13. The number of methoxy groups -OCH3 is 2. The van der Waals surface area contributed by atoms with E-state index >= 15 is 0 Å². The van der Waals surface area contributed by atoms with Crippen molar-refractivity contribution in [3.8, 4) is 11.5 Å². The van der Waals surface area contributed by atoms with E-state index in [-0.39, 0.29) is 11.7 Å². The molecule has 0 saturated carbocycles. The number of carbonyl (C=O) groups excluding carboxylic acids is 2. The van der Waals surface area contributed by atoms with Gasteiger partial charge in [-0.25, -0.2) is 0 Å². The van der Waals surface area contributed by atoms with E-state index in [0.29, 0.717) is 29.9 Å². The molecule has 0 heterocycles. The van der Waals surface area contributed by atoms with Crippen molar-refractivity contribution in [2.45, 2.75) is 25.8 Å². The number of hydrogen-bond acceptors (Lipinski definition) is 4. The summed E-state index contributed by atoms with van der Waals surface area (Å²) >= 11 is 0. The maximum Gasteiger partial charge on any atom is 0.217 e. The molecule has 5 nitrogen and oxygen atoms in total. The van der Waals surface area contributed by atoms with Crippen LogP contribution < -0.4 is 14.8 Å². The van der Waals surface area contributed by atoms with Crippen molar-refractivity contribution in [3.05, 3.63) is 23.3 Å². The van der Waals surface area contributed by atoms with E-state index in [1.54, 1.807) is 19.2 Å². The Hall–Kier alpha value is -2.04. The lowest BCUT2D eigenvalue weighted by molar-refractivity contribution is -0.119. The Labute approximate surface area is 111 Å². The quantitative estimate of drug-likeness (QED) is 0.893. The number of rotatable bonds is 3. The van der Waals surface area contributed by atoms with Gasteiger partial charge in [0.05, 0.1) is 25.8 Å². The lowest BCUT2D eigenvalue weighted by atomic mass is 9.85. The normalized spacial score (nSPS) is 17.6. The van der Waals surface area contributed by atoms with E-state index in [9.17, 15) is 9.59 Å². The number of ether oxygens (including phenoxy) is 2. The third-order valence-corrected chi connectivity index (χ3v) is 3.29. The molecule has 1 N–H and O–H groups in total. The molecule has 19 heavy (non-hydrogen) atoms. The molecule has 0 spiro atoms. The van der Waals surface area contributed by atoms with Gasteiger partial charge in [0.2, 0.25) is 5.91 Å². The number of ketones is 1. The van der Waals surface area contributed by atoms with Crippen LogP contribution in [0.5, 0.6) is 11.5 Å². The average Bonchev–Trinajstić information content (AvgIpc) is 2.40. The molecule has 1 amide bonds. The first-order chi connectivity index (χ1) is 9.08. The lowest BCUT2D eigenvalue weighted by Gasteiger charge is -2.26. The topological polar surface area (TPSA) is 64.6 Å². The van der Waals surface area contributed by atoms with E-state index in [1.165, 1.54) is 14.0 Å². The van der Waals surface area contributed by atoms with Crippen molar-refractivity contribution in [3.63, 3.8) is 0 Å². The Bertz CT molecular complexity index is 524. The van der Waals surface area contributed by atoms with Crippen molar-refractivity contribution in [2.24, 2.45) is 0 Å². The Morgan fingerprint density at radius 1 is 1.26 bits per heavy atom. The van der Waals surface area contributed by atoms with Crippen molar-refractivity contribution in [2.75, 3.05) is 14.2 Å². The highest BCUT2D eigenvalue weighted by Crippen LogP contribution is 2.35. The second-order valence-electron chi connectivity index (χ2n) is 4.48. The number of fused-ring (bicyclic) bond motifs is 1. The van der Waals surface area contributed by atoms with Gasteiger partial charge in [-0.05, 0) is 25.0 Å². The van der Waals surface area contributed by atoms with Gasteiger partial charge in [0, 0.05) is 12.5 Å². The van der Waals surface area contributed by atoms with Gasteiger partial charge in [-0.3, -0.25) is 9.59 Å². The van der Waals surface area contributed by atoms with E-state index in [0.717, 1.165) is 5.56 Å². The predicted molar refractivity (Wildman–Crippen MR) is 69.8 cm³/mol. The van der Waals surface area contributed by atoms with Crippen LogP contribution in [0.1, 0.15) is 29.3 Å². The number of Topliss-reactive ketones (excluding diaryl/α,β-unsaturated/α-hetero) is 1.